The number of likely N-dealkylation sites (tertiary alicyclic amines) is 1. The van der Waals surface area contributed by atoms with Gasteiger partial charge < -0.3 is 5.32 Å². The summed E-state index contributed by atoms with van der Waals surface area (Å²) < 4.78 is 3.45. The highest BCUT2D eigenvalue weighted by atomic mass is 32.2. The van der Waals surface area contributed by atoms with E-state index in [1.165, 1.54) is 64.7 Å². The Morgan fingerprint density at radius 3 is 2.73 bits per heavy atom. The highest BCUT2D eigenvalue weighted by Crippen LogP contribution is 2.40. The Balaban J connectivity index is 1.46. The van der Waals surface area contributed by atoms with Crippen molar-refractivity contribution >= 4 is 29.0 Å². The standard InChI is InChI=1S/C24H36N4S2/c1-4-26-30-22-12-19(27-20-15-28(16-20)14-17(2)3)10-11-21(22)23-13-25-24(29-23)18-8-6-5-7-9-18/h10-13,17-18,20,26-27H,4-9,14-16H2,1-3H3. The first kappa shape index (κ1) is 22.1. The maximum absolute atomic E-state index is 4.83. The van der Waals surface area contributed by atoms with Crippen molar-refractivity contribution < 1.29 is 0 Å². The monoisotopic (exact) mass is 444 g/mol. The van der Waals surface area contributed by atoms with Crippen molar-refractivity contribution in [2.75, 3.05) is 31.5 Å². The van der Waals surface area contributed by atoms with Gasteiger partial charge in [-0.15, -0.1) is 11.3 Å². The lowest BCUT2D eigenvalue weighted by atomic mass is 9.90. The van der Waals surface area contributed by atoms with Crippen LogP contribution in [0.4, 0.5) is 5.69 Å². The van der Waals surface area contributed by atoms with E-state index < -0.39 is 0 Å². The molecule has 1 aliphatic heterocycles. The Bertz CT molecular complexity index is 807. The molecule has 1 aliphatic carbocycles. The zero-order valence-corrected chi connectivity index (χ0v) is 20.2. The Morgan fingerprint density at radius 1 is 1.20 bits per heavy atom. The molecule has 0 radical (unpaired) electrons. The third kappa shape index (κ3) is 5.58. The molecule has 2 N–H and O–H groups in total. The van der Waals surface area contributed by atoms with Crippen LogP contribution in [0.25, 0.3) is 10.4 Å². The predicted molar refractivity (Wildman–Crippen MR) is 132 cm³/mol. The molecule has 0 unspecified atom stereocenters. The molecule has 1 aromatic heterocycles. The van der Waals surface area contributed by atoms with Gasteiger partial charge in [0.1, 0.15) is 0 Å². The van der Waals surface area contributed by atoms with Crippen LogP contribution < -0.4 is 10.0 Å². The second-order valence-electron chi connectivity index (χ2n) is 9.16. The van der Waals surface area contributed by atoms with Crippen LogP contribution in [0.5, 0.6) is 0 Å². The molecule has 1 aromatic carbocycles. The van der Waals surface area contributed by atoms with E-state index >= 15 is 0 Å². The number of hydrogen-bond acceptors (Lipinski definition) is 6. The summed E-state index contributed by atoms with van der Waals surface area (Å²) in [4.78, 5) is 9.96. The SMILES string of the molecule is CCNSc1cc(NC2CN(CC(C)C)C2)ccc1-c1cnc(C2CCCCC2)s1. The van der Waals surface area contributed by atoms with Crippen LogP contribution in [0.2, 0.25) is 0 Å². The summed E-state index contributed by atoms with van der Waals surface area (Å²) in [6.07, 6.45) is 8.83. The van der Waals surface area contributed by atoms with Gasteiger partial charge in [-0.05, 0) is 42.8 Å². The molecule has 2 fully saturated rings. The molecular weight excluding hydrogens is 408 g/mol. The average Bonchev–Trinajstić information content (AvgIpc) is 3.21. The largest absolute Gasteiger partial charge is 0.380 e. The van der Waals surface area contributed by atoms with Crippen molar-refractivity contribution in [3.8, 4) is 10.4 Å². The Kier molecular flexibility index (Phi) is 7.74. The van der Waals surface area contributed by atoms with Crippen molar-refractivity contribution in [3.05, 3.63) is 29.4 Å². The lowest BCUT2D eigenvalue weighted by molar-refractivity contribution is 0.143. The third-order valence-corrected chi connectivity index (χ3v) is 8.19. The highest BCUT2D eigenvalue weighted by molar-refractivity contribution is 7.97. The summed E-state index contributed by atoms with van der Waals surface area (Å²) in [5.41, 5.74) is 2.53. The molecule has 0 amide bonds. The second kappa shape index (κ2) is 10.5. The van der Waals surface area contributed by atoms with E-state index in [1.807, 2.05) is 11.3 Å². The number of nitrogens with one attached hydrogen (secondary N) is 2. The van der Waals surface area contributed by atoms with E-state index in [9.17, 15) is 0 Å². The van der Waals surface area contributed by atoms with Crippen molar-refractivity contribution in [2.24, 2.45) is 5.92 Å². The number of aromatic nitrogens is 1. The molecule has 2 heterocycles. The molecule has 4 rings (SSSR count). The van der Waals surface area contributed by atoms with Crippen molar-refractivity contribution in [2.45, 2.75) is 69.7 Å². The van der Waals surface area contributed by atoms with Crippen LogP contribution in [0.15, 0.2) is 29.3 Å². The Hall–Kier alpha value is -1.08. The van der Waals surface area contributed by atoms with Crippen LogP contribution in [0.1, 0.15) is 63.8 Å². The molecule has 0 bridgehead atoms. The first-order chi connectivity index (χ1) is 14.6. The lowest BCUT2D eigenvalue weighted by Crippen LogP contribution is -2.55. The number of hydrogen-bond donors (Lipinski definition) is 2. The van der Waals surface area contributed by atoms with Gasteiger partial charge in [-0.25, -0.2) is 4.98 Å². The van der Waals surface area contributed by atoms with E-state index in [2.05, 4.69) is 60.1 Å². The molecule has 0 atom stereocenters. The number of rotatable bonds is 9. The van der Waals surface area contributed by atoms with Gasteiger partial charge in [0, 0.05) is 54.4 Å². The second-order valence-corrected chi connectivity index (χ2v) is 11.2. The van der Waals surface area contributed by atoms with Gasteiger partial charge in [0.15, 0.2) is 0 Å². The number of thiazole rings is 1. The maximum Gasteiger partial charge on any atom is 0.0962 e. The quantitative estimate of drug-likeness (QED) is 0.449. The van der Waals surface area contributed by atoms with E-state index in [-0.39, 0.29) is 0 Å². The van der Waals surface area contributed by atoms with Crippen LogP contribution in [-0.2, 0) is 0 Å². The predicted octanol–water partition coefficient (Wildman–Crippen LogP) is 6.23. The van der Waals surface area contributed by atoms with E-state index in [4.69, 9.17) is 4.98 Å². The first-order valence-electron chi connectivity index (χ1n) is 11.6. The summed E-state index contributed by atoms with van der Waals surface area (Å²) in [5.74, 6) is 1.42. The lowest BCUT2D eigenvalue weighted by Gasteiger charge is -2.41. The van der Waals surface area contributed by atoms with Gasteiger partial charge in [0.25, 0.3) is 0 Å². The molecular formula is C24H36N4S2. The topological polar surface area (TPSA) is 40.2 Å². The minimum atomic E-state index is 0.563. The van der Waals surface area contributed by atoms with E-state index in [1.54, 1.807) is 11.9 Å². The van der Waals surface area contributed by atoms with Gasteiger partial charge in [0.05, 0.1) is 15.9 Å². The molecule has 2 aromatic rings. The summed E-state index contributed by atoms with van der Waals surface area (Å²) >= 11 is 3.64. The molecule has 4 nitrogen and oxygen atoms in total. The molecule has 1 saturated heterocycles. The third-order valence-electron chi connectivity index (χ3n) is 6.00. The average molecular weight is 445 g/mol. The number of anilines is 1. The van der Waals surface area contributed by atoms with Crippen molar-refractivity contribution in [1.82, 2.24) is 14.6 Å². The van der Waals surface area contributed by atoms with Gasteiger partial charge in [-0.2, -0.15) is 0 Å². The van der Waals surface area contributed by atoms with E-state index in [0.29, 0.717) is 12.0 Å². The fraction of sp³-hybridized carbons (Fsp3) is 0.625. The smallest absolute Gasteiger partial charge is 0.0962 e. The molecule has 30 heavy (non-hydrogen) atoms. The molecule has 1 saturated carbocycles. The summed E-state index contributed by atoms with van der Waals surface area (Å²) in [7, 11) is 0. The number of benzene rings is 1. The fourth-order valence-corrected chi connectivity index (χ4v) is 6.53. The molecule has 164 valence electrons. The van der Waals surface area contributed by atoms with Crippen molar-refractivity contribution in [1.29, 1.82) is 0 Å². The van der Waals surface area contributed by atoms with Gasteiger partial charge in [0.2, 0.25) is 0 Å². The summed E-state index contributed by atoms with van der Waals surface area (Å²) in [6, 6.07) is 7.41. The highest BCUT2D eigenvalue weighted by Gasteiger charge is 2.27. The zero-order chi connectivity index (χ0) is 20.9. The minimum Gasteiger partial charge on any atom is -0.380 e. The molecule has 0 spiro atoms. The van der Waals surface area contributed by atoms with Crippen molar-refractivity contribution in [3.63, 3.8) is 0 Å². The fourth-order valence-electron chi connectivity index (χ4n) is 4.56. The van der Waals surface area contributed by atoms with Crippen LogP contribution in [-0.4, -0.2) is 42.1 Å². The van der Waals surface area contributed by atoms with Gasteiger partial charge in [-0.1, -0.05) is 46.1 Å². The molecule has 2 aliphatic rings. The number of nitrogens with zero attached hydrogens (tertiary/aromatic N) is 2. The van der Waals surface area contributed by atoms with Crippen LogP contribution >= 0.6 is 23.3 Å². The van der Waals surface area contributed by atoms with Crippen LogP contribution in [0.3, 0.4) is 0 Å². The normalized spacial score (nSPS) is 18.7. The zero-order valence-electron chi connectivity index (χ0n) is 18.6. The minimum absolute atomic E-state index is 0.563. The van der Waals surface area contributed by atoms with Gasteiger partial charge >= 0.3 is 0 Å². The Morgan fingerprint density at radius 2 is 2.00 bits per heavy atom. The molecule has 6 heteroatoms. The van der Waals surface area contributed by atoms with Gasteiger partial charge in [-0.3, -0.25) is 9.62 Å². The first-order valence-corrected chi connectivity index (χ1v) is 13.2. The summed E-state index contributed by atoms with van der Waals surface area (Å²) in [6.45, 7) is 11.2. The van der Waals surface area contributed by atoms with Crippen LogP contribution in [0, 0.1) is 5.92 Å². The maximum atomic E-state index is 4.83. The summed E-state index contributed by atoms with van der Waals surface area (Å²) in [5, 5.41) is 5.08. The van der Waals surface area contributed by atoms with E-state index in [0.717, 1.165) is 25.6 Å². The Labute approximate surface area is 190 Å².